The summed E-state index contributed by atoms with van der Waals surface area (Å²) in [6.45, 7) is 5.30. The van der Waals surface area contributed by atoms with Crippen molar-refractivity contribution in [2.75, 3.05) is 52.4 Å². The highest BCUT2D eigenvalue weighted by Crippen LogP contribution is 2.20. The highest BCUT2D eigenvalue weighted by Gasteiger charge is 2.33. The van der Waals surface area contributed by atoms with Gasteiger partial charge in [-0.2, -0.15) is 17.0 Å². The standard InChI is InChI=1S/C18H34N4O3S.ClH/c23-18(6-5-17-7-9-19-10-8-17)20-13-15-22(16-14-20)26(24,25)21-11-3-1-2-4-12-21;/h17,19H,1-16H2;1H. The van der Waals surface area contributed by atoms with Gasteiger partial charge in [0.1, 0.15) is 0 Å². The summed E-state index contributed by atoms with van der Waals surface area (Å²) < 4.78 is 28.9. The second kappa shape index (κ2) is 11.0. The highest BCUT2D eigenvalue weighted by molar-refractivity contribution is 7.86. The van der Waals surface area contributed by atoms with Crippen molar-refractivity contribution in [2.24, 2.45) is 5.92 Å². The van der Waals surface area contributed by atoms with Crippen molar-refractivity contribution in [1.29, 1.82) is 0 Å². The molecule has 9 heteroatoms. The third-order valence-corrected chi connectivity index (χ3v) is 8.07. The van der Waals surface area contributed by atoms with E-state index < -0.39 is 10.2 Å². The fraction of sp³-hybridized carbons (Fsp3) is 0.944. The molecule has 1 N–H and O–H groups in total. The van der Waals surface area contributed by atoms with Crippen LogP contribution in [0.1, 0.15) is 51.4 Å². The number of nitrogens with one attached hydrogen (secondary N) is 1. The van der Waals surface area contributed by atoms with Crippen LogP contribution in [0.2, 0.25) is 0 Å². The van der Waals surface area contributed by atoms with Crippen LogP contribution in [0.25, 0.3) is 0 Å². The van der Waals surface area contributed by atoms with Crippen molar-refractivity contribution in [2.45, 2.75) is 51.4 Å². The van der Waals surface area contributed by atoms with E-state index in [1.165, 1.54) is 0 Å². The average molecular weight is 423 g/mol. The molecule has 1 amide bonds. The molecule has 3 heterocycles. The number of carbonyl (C=O) groups excluding carboxylic acids is 1. The fourth-order valence-electron chi connectivity index (χ4n) is 4.26. The van der Waals surface area contributed by atoms with Crippen molar-refractivity contribution in [3.8, 4) is 0 Å². The zero-order chi connectivity index (χ0) is 18.4. The summed E-state index contributed by atoms with van der Waals surface area (Å²) >= 11 is 0. The Balaban J connectivity index is 0.00000261. The first-order valence-corrected chi connectivity index (χ1v) is 11.7. The van der Waals surface area contributed by atoms with E-state index in [0.717, 1.165) is 58.0 Å². The van der Waals surface area contributed by atoms with Gasteiger partial charge in [0.05, 0.1) is 0 Å². The van der Waals surface area contributed by atoms with Crippen LogP contribution < -0.4 is 5.32 Å². The first-order valence-electron chi connectivity index (χ1n) is 10.3. The number of piperidine rings is 1. The third kappa shape index (κ3) is 6.29. The van der Waals surface area contributed by atoms with Crippen LogP contribution in [0.15, 0.2) is 0 Å². The number of piperazine rings is 1. The number of hydrogen-bond acceptors (Lipinski definition) is 4. The van der Waals surface area contributed by atoms with Crippen molar-refractivity contribution >= 4 is 28.5 Å². The Morgan fingerprint density at radius 1 is 0.852 bits per heavy atom. The van der Waals surface area contributed by atoms with Crippen molar-refractivity contribution in [3.63, 3.8) is 0 Å². The molecule has 0 bridgehead atoms. The molecule has 0 aromatic carbocycles. The number of amides is 1. The second-order valence-electron chi connectivity index (χ2n) is 7.83. The smallest absolute Gasteiger partial charge is 0.282 e. The van der Waals surface area contributed by atoms with Gasteiger partial charge in [0, 0.05) is 45.7 Å². The van der Waals surface area contributed by atoms with Crippen LogP contribution in [-0.4, -0.2) is 80.2 Å². The van der Waals surface area contributed by atoms with E-state index >= 15 is 0 Å². The zero-order valence-corrected chi connectivity index (χ0v) is 17.9. The molecule has 0 aromatic rings. The summed E-state index contributed by atoms with van der Waals surface area (Å²) in [4.78, 5) is 14.3. The molecule has 0 saturated carbocycles. The highest BCUT2D eigenvalue weighted by atomic mass is 35.5. The zero-order valence-electron chi connectivity index (χ0n) is 16.3. The molecule has 0 aromatic heterocycles. The van der Waals surface area contributed by atoms with E-state index in [1.807, 2.05) is 4.90 Å². The van der Waals surface area contributed by atoms with E-state index in [9.17, 15) is 13.2 Å². The molecule has 3 fully saturated rings. The predicted octanol–water partition coefficient (Wildman–Crippen LogP) is 1.45. The maximum Gasteiger partial charge on any atom is 0.282 e. The molecule has 0 spiro atoms. The van der Waals surface area contributed by atoms with Gasteiger partial charge in [0.2, 0.25) is 5.91 Å². The summed E-state index contributed by atoms with van der Waals surface area (Å²) in [5, 5.41) is 3.35. The Bertz CT molecular complexity index is 553. The lowest BCUT2D eigenvalue weighted by molar-refractivity contribution is -0.132. The van der Waals surface area contributed by atoms with Gasteiger partial charge >= 0.3 is 0 Å². The molecule has 3 aliphatic heterocycles. The van der Waals surface area contributed by atoms with Gasteiger partial charge in [-0.15, -0.1) is 12.4 Å². The Kier molecular flexibility index (Phi) is 9.28. The fourth-order valence-corrected chi connectivity index (χ4v) is 5.93. The monoisotopic (exact) mass is 422 g/mol. The minimum Gasteiger partial charge on any atom is -0.340 e. The predicted molar refractivity (Wildman–Crippen MR) is 109 cm³/mol. The van der Waals surface area contributed by atoms with Gasteiger partial charge in [-0.05, 0) is 51.1 Å². The second-order valence-corrected chi connectivity index (χ2v) is 9.76. The van der Waals surface area contributed by atoms with Crippen LogP contribution >= 0.6 is 12.4 Å². The van der Waals surface area contributed by atoms with Crippen molar-refractivity contribution in [1.82, 2.24) is 18.8 Å². The van der Waals surface area contributed by atoms with E-state index in [2.05, 4.69) is 5.32 Å². The van der Waals surface area contributed by atoms with Gasteiger partial charge in [0.15, 0.2) is 0 Å². The lowest BCUT2D eigenvalue weighted by Gasteiger charge is -2.36. The molecule has 7 nitrogen and oxygen atoms in total. The number of halogens is 1. The van der Waals surface area contributed by atoms with Gasteiger partial charge in [0.25, 0.3) is 10.2 Å². The van der Waals surface area contributed by atoms with E-state index in [4.69, 9.17) is 0 Å². The van der Waals surface area contributed by atoms with E-state index in [0.29, 0.717) is 51.6 Å². The first-order chi connectivity index (χ1) is 12.6. The van der Waals surface area contributed by atoms with Crippen LogP contribution in [-0.2, 0) is 15.0 Å². The first kappa shape index (κ1) is 22.9. The van der Waals surface area contributed by atoms with Crippen LogP contribution in [0.5, 0.6) is 0 Å². The van der Waals surface area contributed by atoms with Crippen LogP contribution in [0.4, 0.5) is 0 Å². The molecular formula is C18H35ClN4O3S. The van der Waals surface area contributed by atoms with Crippen molar-refractivity contribution < 1.29 is 13.2 Å². The lowest BCUT2D eigenvalue weighted by Crippen LogP contribution is -2.54. The number of nitrogens with zero attached hydrogens (tertiary/aromatic N) is 3. The van der Waals surface area contributed by atoms with E-state index in [1.54, 1.807) is 8.61 Å². The maximum absolute atomic E-state index is 12.8. The molecular weight excluding hydrogens is 388 g/mol. The topological polar surface area (TPSA) is 73.0 Å². The third-order valence-electron chi connectivity index (χ3n) is 6.03. The van der Waals surface area contributed by atoms with Gasteiger partial charge < -0.3 is 10.2 Å². The summed E-state index contributed by atoms with van der Waals surface area (Å²) in [6.07, 6.45) is 8.03. The summed E-state index contributed by atoms with van der Waals surface area (Å²) in [7, 11) is -3.37. The van der Waals surface area contributed by atoms with Gasteiger partial charge in [-0.1, -0.05) is 12.8 Å². The number of hydrogen-bond donors (Lipinski definition) is 1. The molecule has 27 heavy (non-hydrogen) atoms. The molecule has 0 radical (unpaired) electrons. The summed E-state index contributed by atoms with van der Waals surface area (Å²) in [6, 6.07) is 0. The van der Waals surface area contributed by atoms with Crippen molar-refractivity contribution in [3.05, 3.63) is 0 Å². The Labute approximate surface area is 170 Å². The molecule has 3 rings (SSSR count). The number of carbonyl (C=O) groups is 1. The molecule has 0 aliphatic carbocycles. The lowest BCUT2D eigenvalue weighted by atomic mass is 9.93. The quantitative estimate of drug-likeness (QED) is 0.727. The Morgan fingerprint density at radius 3 is 2.00 bits per heavy atom. The summed E-state index contributed by atoms with van der Waals surface area (Å²) in [5.74, 6) is 0.847. The largest absolute Gasteiger partial charge is 0.340 e. The summed E-state index contributed by atoms with van der Waals surface area (Å²) in [5.41, 5.74) is 0. The van der Waals surface area contributed by atoms with Crippen LogP contribution in [0, 0.1) is 5.92 Å². The molecule has 158 valence electrons. The van der Waals surface area contributed by atoms with Gasteiger partial charge in [-0.3, -0.25) is 4.79 Å². The minimum atomic E-state index is -3.37. The molecule has 0 atom stereocenters. The average Bonchev–Trinajstić information content (AvgIpc) is 2.97. The minimum absolute atomic E-state index is 0. The van der Waals surface area contributed by atoms with E-state index in [-0.39, 0.29) is 18.3 Å². The Morgan fingerprint density at radius 2 is 1.41 bits per heavy atom. The molecule has 3 aliphatic rings. The van der Waals surface area contributed by atoms with Crippen LogP contribution in [0.3, 0.4) is 0 Å². The Hall–Kier alpha value is -0.410. The molecule has 0 unspecified atom stereocenters. The SMILES string of the molecule is Cl.O=C(CCC1CCNCC1)N1CCN(S(=O)(=O)N2CCCCCC2)CC1. The number of rotatable bonds is 5. The molecule has 3 saturated heterocycles. The normalized spacial score (nSPS) is 24.2. The van der Waals surface area contributed by atoms with Gasteiger partial charge in [-0.25, -0.2) is 0 Å². The maximum atomic E-state index is 12.8.